The summed E-state index contributed by atoms with van der Waals surface area (Å²) in [5.74, 6) is 1.05. The van der Waals surface area contributed by atoms with Crippen molar-refractivity contribution in [3.05, 3.63) is 94.0 Å². The second-order valence-corrected chi connectivity index (χ2v) is 7.24. The molecule has 0 saturated heterocycles. The first kappa shape index (κ1) is 18.9. The highest BCUT2D eigenvalue weighted by molar-refractivity contribution is 9.10. The molecular formula is C22H16BrN3O3. The predicted octanol–water partition coefficient (Wildman–Crippen LogP) is 4.59. The number of carbonyl (C=O) groups is 1. The van der Waals surface area contributed by atoms with Gasteiger partial charge < -0.3 is 10.1 Å². The Kier molecular flexibility index (Phi) is 5.39. The minimum atomic E-state index is -0.314. The fourth-order valence-electron chi connectivity index (χ4n) is 2.82. The largest absolute Gasteiger partial charge is 0.457 e. The van der Waals surface area contributed by atoms with Crippen LogP contribution >= 0.6 is 15.9 Å². The predicted molar refractivity (Wildman–Crippen MR) is 115 cm³/mol. The van der Waals surface area contributed by atoms with Crippen molar-refractivity contribution in [2.75, 3.05) is 5.32 Å². The maximum atomic E-state index is 12.5. The fraction of sp³-hybridized carbons (Fsp3) is 0.0455. The van der Waals surface area contributed by atoms with Crippen LogP contribution in [0.25, 0.3) is 10.9 Å². The minimum absolute atomic E-state index is 0.117. The van der Waals surface area contributed by atoms with E-state index in [-0.39, 0.29) is 18.0 Å². The second-order valence-electron chi connectivity index (χ2n) is 6.32. The lowest BCUT2D eigenvalue weighted by molar-refractivity contribution is -0.116. The summed E-state index contributed by atoms with van der Waals surface area (Å²) in [4.78, 5) is 29.0. The summed E-state index contributed by atoms with van der Waals surface area (Å²) >= 11 is 3.38. The molecule has 0 unspecified atom stereocenters. The van der Waals surface area contributed by atoms with Crippen molar-refractivity contribution >= 4 is 38.4 Å². The highest BCUT2D eigenvalue weighted by Gasteiger charge is 2.08. The van der Waals surface area contributed by atoms with Crippen molar-refractivity contribution in [2.45, 2.75) is 6.54 Å². The number of fused-ring (bicyclic) bond motifs is 1. The molecule has 29 heavy (non-hydrogen) atoms. The van der Waals surface area contributed by atoms with E-state index >= 15 is 0 Å². The van der Waals surface area contributed by atoms with E-state index in [1.54, 1.807) is 42.5 Å². The van der Waals surface area contributed by atoms with E-state index in [9.17, 15) is 9.59 Å². The molecule has 1 aromatic heterocycles. The number of halogens is 1. The SMILES string of the molecule is O=C(Cn1cnc2ccccc2c1=O)Nc1ccc(Oc2ccc(Br)cc2)cc1. The van der Waals surface area contributed by atoms with Crippen LogP contribution in [-0.2, 0) is 11.3 Å². The van der Waals surface area contributed by atoms with Crippen LogP contribution in [0.15, 0.2) is 88.4 Å². The summed E-state index contributed by atoms with van der Waals surface area (Å²) in [6.45, 7) is -0.117. The van der Waals surface area contributed by atoms with Crippen LogP contribution < -0.4 is 15.6 Å². The normalized spacial score (nSPS) is 10.7. The first-order chi connectivity index (χ1) is 14.1. The average Bonchev–Trinajstić information content (AvgIpc) is 2.73. The monoisotopic (exact) mass is 449 g/mol. The van der Waals surface area contributed by atoms with Gasteiger partial charge in [0.05, 0.1) is 17.2 Å². The molecule has 1 N–H and O–H groups in total. The topological polar surface area (TPSA) is 73.2 Å². The Morgan fingerprint density at radius 2 is 1.62 bits per heavy atom. The highest BCUT2D eigenvalue weighted by atomic mass is 79.9. The molecule has 4 rings (SSSR count). The Morgan fingerprint density at radius 3 is 2.34 bits per heavy atom. The fourth-order valence-corrected chi connectivity index (χ4v) is 3.08. The first-order valence-electron chi connectivity index (χ1n) is 8.86. The lowest BCUT2D eigenvalue weighted by Gasteiger charge is -2.09. The number of nitrogens with one attached hydrogen (secondary N) is 1. The smallest absolute Gasteiger partial charge is 0.261 e. The number of nitrogens with zero attached hydrogens (tertiary/aromatic N) is 2. The number of aromatic nitrogens is 2. The van der Waals surface area contributed by atoms with Gasteiger partial charge in [0.1, 0.15) is 18.0 Å². The van der Waals surface area contributed by atoms with E-state index in [2.05, 4.69) is 26.2 Å². The van der Waals surface area contributed by atoms with Crippen molar-refractivity contribution in [1.29, 1.82) is 0 Å². The van der Waals surface area contributed by atoms with E-state index in [1.165, 1.54) is 10.9 Å². The van der Waals surface area contributed by atoms with Crippen LogP contribution in [-0.4, -0.2) is 15.5 Å². The maximum Gasteiger partial charge on any atom is 0.261 e. The molecule has 0 fully saturated rings. The number of benzene rings is 3. The van der Waals surface area contributed by atoms with Gasteiger partial charge in [-0.25, -0.2) is 4.98 Å². The molecule has 6 nitrogen and oxygen atoms in total. The van der Waals surface area contributed by atoms with Crippen molar-refractivity contribution in [2.24, 2.45) is 0 Å². The molecule has 3 aromatic carbocycles. The van der Waals surface area contributed by atoms with E-state index in [1.807, 2.05) is 30.3 Å². The Bertz CT molecular complexity index is 1220. The third-order valence-corrected chi connectivity index (χ3v) is 4.76. The molecule has 0 saturated carbocycles. The van der Waals surface area contributed by atoms with Gasteiger partial charge in [-0.3, -0.25) is 14.2 Å². The number of ether oxygens (including phenoxy) is 1. The van der Waals surface area contributed by atoms with E-state index in [4.69, 9.17) is 4.74 Å². The van der Waals surface area contributed by atoms with Crippen LogP contribution in [0.2, 0.25) is 0 Å². The molecule has 0 atom stereocenters. The van der Waals surface area contributed by atoms with Crippen LogP contribution in [0.3, 0.4) is 0 Å². The van der Waals surface area contributed by atoms with Crippen LogP contribution in [0.5, 0.6) is 11.5 Å². The van der Waals surface area contributed by atoms with Crippen molar-refractivity contribution in [1.82, 2.24) is 9.55 Å². The molecule has 0 spiro atoms. The van der Waals surface area contributed by atoms with Gasteiger partial charge in [0, 0.05) is 10.2 Å². The standard InChI is InChI=1S/C22H16BrN3O3/c23-15-5-9-17(10-6-15)29-18-11-7-16(8-12-18)25-21(27)13-26-14-24-20-4-2-1-3-19(20)22(26)28/h1-12,14H,13H2,(H,25,27). The molecule has 0 radical (unpaired) electrons. The first-order valence-corrected chi connectivity index (χ1v) is 9.65. The number of hydrogen-bond donors (Lipinski definition) is 1. The van der Waals surface area contributed by atoms with Gasteiger partial charge in [-0.2, -0.15) is 0 Å². The highest BCUT2D eigenvalue weighted by Crippen LogP contribution is 2.24. The van der Waals surface area contributed by atoms with Crippen LogP contribution in [0, 0.1) is 0 Å². The van der Waals surface area contributed by atoms with Gasteiger partial charge in [0.15, 0.2) is 0 Å². The van der Waals surface area contributed by atoms with Gasteiger partial charge in [-0.05, 0) is 60.7 Å². The van der Waals surface area contributed by atoms with E-state index in [0.717, 1.165) is 4.47 Å². The molecule has 144 valence electrons. The van der Waals surface area contributed by atoms with Crippen molar-refractivity contribution in [3.63, 3.8) is 0 Å². The summed E-state index contributed by atoms with van der Waals surface area (Å²) in [5, 5.41) is 3.26. The number of rotatable bonds is 5. The number of amides is 1. The Labute approximate surface area is 174 Å². The molecule has 4 aromatic rings. The second kappa shape index (κ2) is 8.28. The molecular weight excluding hydrogens is 434 g/mol. The van der Waals surface area contributed by atoms with E-state index in [0.29, 0.717) is 28.1 Å². The summed E-state index contributed by atoms with van der Waals surface area (Å²) in [7, 11) is 0. The van der Waals surface area contributed by atoms with Crippen LogP contribution in [0.1, 0.15) is 0 Å². The number of anilines is 1. The molecule has 0 bridgehead atoms. The van der Waals surface area contributed by atoms with Gasteiger partial charge in [-0.1, -0.05) is 28.1 Å². The number of hydrogen-bond acceptors (Lipinski definition) is 4. The van der Waals surface area contributed by atoms with E-state index < -0.39 is 0 Å². The van der Waals surface area contributed by atoms with Gasteiger partial charge in [0.25, 0.3) is 5.56 Å². The molecule has 1 amide bonds. The zero-order valence-electron chi connectivity index (χ0n) is 15.2. The maximum absolute atomic E-state index is 12.5. The van der Waals surface area contributed by atoms with Crippen molar-refractivity contribution in [3.8, 4) is 11.5 Å². The molecule has 0 aliphatic carbocycles. The average molecular weight is 450 g/mol. The Morgan fingerprint density at radius 1 is 0.966 bits per heavy atom. The molecule has 0 aliphatic rings. The molecule has 0 aliphatic heterocycles. The Balaban J connectivity index is 1.41. The summed E-state index contributed by atoms with van der Waals surface area (Å²) in [6, 6.07) is 21.6. The minimum Gasteiger partial charge on any atom is -0.457 e. The Hall–Kier alpha value is -3.45. The molecule has 7 heteroatoms. The zero-order chi connectivity index (χ0) is 20.2. The number of carbonyl (C=O) groups excluding carboxylic acids is 1. The third-order valence-electron chi connectivity index (χ3n) is 4.23. The lowest BCUT2D eigenvalue weighted by atomic mass is 10.2. The third kappa shape index (κ3) is 4.52. The quantitative estimate of drug-likeness (QED) is 0.483. The van der Waals surface area contributed by atoms with Gasteiger partial charge in [0.2, 0.25) is 5.91 Å². The summed E-state index contributed by atoms with van der Waals surface area (Å²) in [6.07, 6.45) is 1.39. The number of para-hydroxylation sites is 1. The molecule has 1 heterocycles. The lowest BCUT2D eigenvalue weighted by Crippen LogP contribution is -2.27. The van der Waals surface area contributed by atoms with Crippen molar-refractivity contribution < 1.29 is 9.53 Å². The zero-order valence-corrected chi connectivity index (χ0v) is 16.8. The summed E-state index contributed by atoms with van der Waals surface area (Å²) in [5.41, 5.74) is 0.972. The van der Waals surface area contributed by atoms with Gasteiger partial charge in [-0.15, -0.1) is 0 Å². The summed E-state index contributed by atoms with van der Waals surface area (Å²) < 4.78 is 8.03. The van der Waals surface area contributed by atoms with Crippen LogP contribution in [0.4, 0.5) is 5.69 Å². The van der Waals surface area contributed by atoms with Gasteiger partial charge >= 0.3 is 0 Å².